The molecule has 1 aliphatic heterocycles. The van der Waals surface area contributed by atoms with E-state index in [9.17, 15) is 10.2 Å². The molecule has 2 aromatic rings. The van der Waals surface area contributed by atoms with Gasteiger partial charge in [0.05, 0.1) is 10.8 Å². The van der Waals surface area contributed by atoms with Gasteiger partial charge < -0.3 is 14.7 Å². The van der Waals surface area contributed by atoms with Crippen LogP contribution in [0.2, 0.25) is 0 Å². The number of hydrogen-bond acceptors (Lipinski definition) is 6. The first kappa shape index (κ1) is 12.3. The smallest absolute Gasteiger partial charge is 0.261 e. The van der Waals surface area contributed by atoms with Gasteiger partial charge >= 0.3 is 0 Å². The lowest BCUT2D eigenvalue weighted by Gasteiger charge is -2.17. The molecule has 0 bridgehead atoms. The summed E-state index contributed by atoms with van der Waals surface area (Å²) >= 11 is 1.84. The number of aromatic hydroxyl groups is 2. The Morgan fingerprint density at radius 2 is 2.16 bits per heavy atom. The Balaban J connectivity index is 1.89. The quantitative estimate of drug-likeness (QED) is 0.822. The highest BCUT2D eigenvalue weighted by molar-refractivity contribution is 7.99. The molecule has 0 radical (unpaired) electrons. The third kappa shape index (κ3) is 2.53. The lowest BCUT2D eigenvalue weighted by Crippen LogP contribution is -2.03. The molecule has 0 aliphatic carbocycles. The van der Waals surface area contributed by atoms with Crippen molar-refractivity contribution in [3.05, 3.63) is 24.0 Å². The summed E-state index contributed by atoms with van der Waals surface area (Å²) < 4.78 is 5.19. The maximum absolute atomic E-state index is 9.76. The molecule has 1 atom stereocenters. The lowest BCUT2D eigenvalue weighted by molar-refractivity contribution is 0.414. The number of aromatic nitrogens is 2. The van der Waals surface area contributed by atoms with Crippen LogP contribution in [0.15, 0.2) is 22.7 Å². The molecule has 19 heavy (non-hydrogen) atoms. The Labute approximate surface area is 114 Å². The number of nitrogens with zero attached hydrogens (tertiary/aromatic N) is 2. The molecule has 100 valence electrons. The number of benzene rings is 1. The second kappa shape index (κ2) is 5.13. The van der Waals surface area contributed by atoms with E-state index in [1.807, 2.05) is 11.8 Å². The molecule has 0 amide bonds. The molecule has 5 nitrogen and oxygen atoms in total. The Morgan fingerprint density at radius 1 is 1.26 bits per heavy atom. The van der Waals surface area contributed by atoms with E-state index in [1.54, 1.807) is 0 Å². The van der Waals surface area contributed by atoms with Crippen molar-refractivity contribution >= 4 is 11.8 Å². The van der Waals surface area contributed by atoms with Gasteiger partial charge in [-0.25, -0.2) is 0 Å². The van der Waals surface area contributed by atoms with E-state index in [1.165, 1.54) is 31.0 Å². The second-order valence-corrected chi connectivity index (χ2v) is 5.83. The van der Waals surface area contributed by atoms with Gasteiger partial charge in [-0.05, 0) is 36.8 Å². The van der Waals surface area contributed by atoms with Gasteiger partial charge in [0.1, 0.15) is 11.5 Å². The van der Waals surface area contributed by atoms with Crippen LogP contribution in [0.25, 0.3) is 11.5 Å². The van der Waals surface area contributed by atoms with E-state index >= 15 is 0 Å². The summed E-state index contributed by atoms with van der Waals surface area (Å²) in [5.41, 5.74) is 0.361. The molecule has 3 rings (SSSR count). The number of thioether (sulfide) groups is 1. The van der Waals surface area contributed by atoms with E-state index in [0.29, 0.717) is 11.4 Å². The zero-order chi connectivity index (χ0) is 13.2. The Kier molecular flexibility index (Phi) is 3.33. The fourth-order valence-electron chi connectivity index (χ4n) is 2.11. The minimum absolute atomic E-state index is 0.0179. The third-order valence-electron chi connectivity index (χ3n) is 3.12. The standard InChI is InChI=1S/C13H14N2O3S/c16-8-4-5-10(17)9(7-8)13-14-12(15-18-13)11-3-1-2-6-19-11/h4-5,7,11,16-17H,1-3,6H2. The van der Waals surface area contributed by atoms with Crippen molar-refractivity contribution in [1.29, 1.82) is 0 Å². The predicted octanol–water partition coefficient (Wildman–Crippen LogP) is 3.11. The Morgan fingerprint density at radius 3 is 2.95 bits per heavy atom. The van der Waals surface area contributed by atoms with Gasteiger partial charge in [0.2, 0.25) is 0 Å². The third-order valence-corrected chi connectivity index (χ3v) is 4.49. The molecule has 1 aliphatic rings. The van der Waals surface area contributed by atoms with Crippen LogP contribution in [0.4, 0.5) is 0 Å². The summed E-state index contributed by atoms with van der Waals surface area (Å²) in [5, 5.41) is 23.5. The van der Waals surface area contributed by atoms with Crippen molar-refractivity contribution in [2.45, 2.75) is 24.5 Å². The van der Waals surface area contributed by atoms with Gasteiger partial charge in [-0.15, -0.1) is 0 Å². The topological polar surface area (TPSA) is 79.4 Å². The fraction of sp³-hybridized carbons (Fsp3) is 0.385. The van der Waals surface area contributed by atoms with Crippen LogP contribution >= 0.6 is 11.8 Å². The summed E-state index contributed by atoms with van der Waals surface area (Å²) in [6.07, 6.45) is 3.47. The van der Waals surface area contributed by atoms with E-state index in [-0.39, 0.29) is 22.6 Å². The summed E-state index contributed by atoms with van der Waals surface area (Å²) in [7, 11) is 0. The van der Waals surface area contributed by atoms with E-state index in [0.717, 1.165) is 12.2 Å². The van der Waals surface area contributed by atoms with Crippen molar-refractivity contribution in [2.75, 3.05) is 5.75 Å². The van der Waals surface area contributed by atoms with Crippen molar-refractivity contribution in [1.82, 2.24) is 10.1 Å². The highest BCUT2D eigenvalue weighted by Gasteiger charge is 2.22. The molecular weight excluding hydrogens is 264 g/mol. The number of phenolic OH excluding ortho intramolecular Hbond substituents is 2. The normalized spacial score (nSPS) is 19.5. The average Bonchev–Trinajstić information content (AvgIpc) is 2.92. The predicted molar refractivity (Wildman–Crippen MR) is 72.1 cm³/mol. The average molecular weight is 278 g/mol. The fourth-order valence-corrected chi connectivity index (χ4v) is 3.35. The van der Waals surface area contributed by atoms with Gasteiger partial charge in [0.15, 0.2) is 5.82 Å². The largest absolute Gasteiger partial charge is 0.508 e. The molecule has 2 heterocycles. The SMILES string of the molecule is Oc1ccc(O)c(-c2nc(C3CCCCS3)no2)c1. The molecule has 1 saturated heterocycles. The van der Waals surface area contributed by atoms with Crippen LogP contribution in [0.1, 0.15) is 30.3 Å². The summed E-state index contributed by atoms with van der Waals surface area (Å²) in [6.45, 7) is 0. The molecular formula is C13H14N2O3S. The first-order chi connectivity index (χ1) is 9.24. The second-order valence-electron chi connectivity index (χ2n) is 4.51. The molecule has 1 aromatic carbocycles. The van der Waals surface area contributed by atoms with Crippen LogP contribution in [-0.4, -0.2) is 26.1 Å². The van der Waals surface area contributed by atoms with Crippen LogP contribution in [-0.2, 0) is 0 Å². The molecule has 1 aromatic heterocycles. The summed E-state index contributed by atoms with van der Waals surface area (Å²) in [4.78, 5) is 4.34. The van der Waals surface area contributed by atoms with Gasteiger partial charge in [-0.3, -0.25) is 0 Å². The van der Waals surface area contributed by atoms with Crippen LogP contribution in [0, 0.1) is 0 Å². The van der Waals surface area contributed by atoms with Crippen LogP contribution < -0.4 is 0 Å². The number of rotatable bonds is 2. The van der Waals surface area contributed by atoms with Crippen molar-refractivity contribution in [3.8, 4) is 23.0 Å². The van der Waals surface area contributed by atoms with E-state index in [2.05, 4.69) is 10.1 Å². The molecule has 2 N–H and O–H groups in total. The monoisotopic (exact) mass is 278 g/mol. The molecule has 0 saturated carbocycles. The summed E-state index contributed by atoms with van der Waals surface area (Å²) in [5.74, 6) is 2.10. The van der Waals surface area contributed by atoms with Crippen molar-refractivity contribution in [3.63, 3.8) is 0 Å². The first-order valence-corrected chi connectivity index (χ1v) is 7.26. The van der Waals surface area contributed by atoms with Crippen LogP contribution in [0.3, 0.4) is 0 Å². The maximum atomic E-state index is 9.76. The maximum Gasteiger partial charge on any atom is 0.261 e. The van der Waals surface area contributed by atoms with E-state index < -0.39 is 0 Å². The summed E-state index contributed by atoms with van der Waals surface area (Å²) in [6, 6.07) is 4.23. The lowest BCUT2D eigenvalue weighted by atomic mass is 10.1. The molecule has 1 unspecified atom stereocenters. The zero-order valence-corrected chi connectivity index (χ0v) is 11.1. The van der Waals surface area contributed by atoms with Gasteiger partial charge in [0, 0.05) is 0 Å². The molecule has 1 fully saturated rings. The Hall–Kier alpha value is -1.69. The van der Waals surface area contributed by atoms with Crippen LogP contribution in [0.5, 0.6) is 11.5 Å². The van der Waals surface area contributed by atoms with Gasteiger partial charge in [0.25, 0.3) is 5.89 Å². The minimum atomic E-state index is 0.0179. The Bertz CT molecular complexity index is 579. The van der Waals surface area contributed by atoms with Crippen molar-refractivity contribution < 1.29 is 14.7 Å². The van der Waals surface area contributed by atoms with Gasteiger partial charge in [-0.1, -0.05) is 11.6 Å². The highest BCUT2D eigenvalue weighted by atomic mass is 32.2. The minimum Gasteiger partial charge on any atom is -0.508 e. The number of hydrogen-bond donors (Lipinski definition) is 2. The highest BCUT2D eigenvalue weighted by Crippen LogP contribution is 2.38. The molecule has 0 spiro atoms. The van der Waals surface area contributed by atoms with Crippen molar-refractivity contribution in [2.24, 2.45) is 0 Å². The first-order valence-electron chi connectivity index (χ1n) is 6.21. The number of phenols is 2. The van der Waals surface area contributed by atoms with E-state index in [4.69, 9.17) is 4.52 Å². The molecule has 6 heteroatoms. The van der Waals surface area contributed by atoms with Gasteiger partial charge in [-0.2, -0.15) is 16.7 Å². The zero-order valence-electron chi connectivity index (χ0n) is 10.2.